The van der Waals surface area contributed by atoms with Crippen LogP contribution < -0.4 is 11.1 Å². The standard InChI is InChI=1S/C13H17Cl2N3O/c14-10-4-1-5-11(13(10)15)17-12(19)8-18-6-2-3-9(16)7-18/h1,4-5,9H,2-3,6-8,16H2,(H,17,19). The van der Waals surface area contributed by atoms with Crippen molar-refractivity contribution in [1.82, 2.24) is 4.90 Å². The lowest BCUT2D eigenvalue weighted by Gasteiger charge is -2.29. The second-order valence-electron chi connectivity index (χ2n) is 4.79. The molecular formula is C13H17Cl2N3O. The largest absolute Gasteiger partial charge is 0.327 e. The average molecular weight is 302 g/mol. The average Bonchev–Trinajstić information content (AvgIpc) is 2.35. The summed E-state index contributed by atoms with van der Waals surface area (Å²) in [7, 11) is 0. The van der Waals surface area contributed by atoms with Crippen molar-refractivity contribution in [2.45, 2.75) is 18.9 Å². The minimum absolute atomic E-state index is 0.0988. The summed E-state index contributed by atoms with van der Waals surface area (Å²) in [4.78, 5) is 14.0. The quantitative estimate of drug-likeness (QED) is 0.901. The number of nitrogens with one attached hydrogen (secondary N) is 1. The van der Waals surface area contributed by atoms with Crippen LogP contribution in [-0.2, 0) is 4.79 Å². The Labute approximate surface area is 122 Å². The van der Waals surface area contributed by atoms with Gasteiger partial charge in [0, 0.05) is 12.6 Å². The molecule has 1 aliphatic heterocycles. The molecule has 0 radical (unpaired) electrons. The van der Waals surface area contributed by atoms with Crippen LogP contribution in [0.2, 0.25) is 10.0 Å². The van der Waals surface area contributed by atoms with Gasteiger partial charge in [-0.15, -0.1) is 0 Å². The van der Waals surface area contributed by atoms with Crippen LogP contribution in [0.25, 0.3) is 0 Å². The molecular weight excluding hydrogens is 285 g/mol. The Kier molecular flexibility index (Phi) is 5.05. The number of halogens is 2. The molecule has 0 saturated carbocycles. The van der Waals surface area contributed by atoms with Crippen LogP contribution in [0.5, 0.6) is 0 Å². The molecule has 1 unspecified atom stereocenters. The number of rotatable bonds is 3. The maximum Gasteiger partial charge on any atom is 0.238 e. The van der Waals surface area contributed by atoms with E-state index >= 15 is 0 Å². The Balaban J connectivity index is 1.92. The first-order valence-corrected chi connectivity index (χ1v) is 7.03. The third-order valence-electron chi connectivity index (χ3n) is 3.13. The van der Waals surface area contributed by atoms with Crippen LogP contribution in [0.4, 0.5) is 5.69 Å². The Morgan fingerprint density at radius 1 is 1.47 bits per heavy atom. The second kappa shape index (κ2) is 6.57. The van der Waals surface area contributed by atoms with E-state index in [1.165, 1.54) is 0 Å². The van der Waals surface area contributed by atoms with Crippen LogP contribution >= 0.6 is 23.2 Å². The van der Waals surface area contributed by atoms with Gasteiger partial charge in [-0.3, -0.25) is 9.69 Å². The highest BCUT2D eigenvalue weighted by molar-refractivity contribution is 6.43. The monoisotopic (exact) mass is 301 g/mol. The zero-order valence-corrected chi connectivity index (χ0v) is 12.0. The fourth-order valence-electron chi connectivity index (χ4n) is 2.23. The number of hydrogen-bond acceptors (Lipinski definition) is 3. The Morgan fingerprint density at radius 3 is 3.00 bits per heavy atom. The predicted octanol–water partition coefficient (Wildman–Crippen LogP) is 2.35. The van der Waals surface area contributed by atoms with Gasteiger partial charge in [0.1, 0.15) is 0 Å². The van der Waals surface area contributed by atoms with Crippen LogP contribution in [0.1, 0.15) is 12.8 Å². The van der Waals surface area contributed by atoms with Crippen LogP contribution in [0, 0.1) is 0 Å². The molecule has 1 aliphatic rings. The molecule has 1 aromatic carbocycles. The summed E-state index contributed by atoms with van der Waals surface area (Å²) in [5.74, 6) is -0.0988. The van der Waals surface area contributed by atoms with Crippen molar-refractivity contribution >= 4 is 34.8 Å². The summed E-state index contributed by atoms with van der Waals surface area (Å²) >= 11 is 11.9. The van der Waals surface area contributed by atoms with Gasteiger partial charge in [-0.2, -0.15) is 0 Å². The SMILES string of the molecule is NC1CCCN(CC(=O)Nc2cccc(Cl)c2Cl)C1. The maximum absolute atomic E-state index is 12.0. The molecule has 1 aromatic rings. The predicted molar refractivity (Wildman–Crippen MR) is 78.7 cm³/mol. The van der Waals surface area contributed by atoms with E-state index in [1.807, 2.05) is 0 Å². The summed E-state index contributed by atoms with van der Waals surface area (Å²) < 4.78 is 0. The highest BCUT2D eigenvalue weighted by atomic mass is 35.5. The van der Waals surface area contributed by atoms with Crippen molar-refractivity contribution < 1.29 is 4.79 Å². The summed E-state index contributed by atoms with van der Waals surface area (Å²) in [6.07, 6.45) is 2.06. The molecule has 104 valence electrons. The van der Waals surface area contributed by atoms with Gasteiger partial charge in [0.15, 0.2) is 0 Å². The first-order chi connectivity index (χ1) is 9.06. The van der Waals surface area contributed by atoms with Crippen LogP contribution in [0.15, 0.2) is 18.2 Å². The number of hydrogen-bond donors (Lipinski definition) is 2. The zero-order valence-electron chi connectivity index (χ0n) is 10.5. The number of carbonyl (C=O) groups is 1. The lowest BCUT2D eigenvalue weighted by molar-refractivity contribution is -0.117. The molecule has 19 heavy (non-hydrogen) atoms. The number of nitrogens with zero attached hydrogens (tertiary/aromatic N) is 1. The minimum Gasteiger partial charge on any atom is -0.327 e. The lowest BCUT2D eigenvalue weighted by Crippen LogP contribution is -2.45. The zero-order chi connectivity index (χ0) is 13.8. The molecule has 0 bridgehead atoms. The summed E-state index contributed by atoms with van der Waals surface area (Å²) in [6.45, 7) is 2.00. The van der Waals surface area contributed by atoms with Gasteiger partial charge in [0.05, 0.1) is 22.3 Å². The van der Waals surface area contributed by atoms with Crippen molar-refractivity contribution in [3.05, 3.63) is 28.2 Å². The van der Waals surface area contributed by atoms with Crippen LogP contribution in [0.3, 0.4) is 0 Å². The molecule has 2 rings (SSSR count). The number of benzene rings is 1. The molecule has 3 N–H and O–H groups in total. The van der Waals surface area contributed by atoms with E-state index < -0.39 is 0 Å². The topological polar surface area (TPSA) is 58.4 Å². The second-order valence-corrected chi connectivity index (χ2v) is 5.57. The molecule has 0 aliphatic carbocycles. The fraction of sp³-hybridized carbons (Fsp3) is 0.462. The molecule has 1 heterocycles. The number of nitrogens with two attached hydrogens (primary N) is 1. The van der Waals surface area contributed by atoms with Gasteiger partial charge >= 0.3 is 0 Å². The third-order valence-corrected chi connectivity index (χ3v) is 3.95. The van der Waals surface area contributed by atoms with Crippen molar-refractivity contribution in [3.8, 4) is 0 Å². The van der Waals surface area contributed by atoms with Gasteiger partial charge in [0.25, 0.3) is 0 Å². The molecule has 0 spiro atoms. The number of amides is 1. The minimum atomic E-state index is -0.0988. The smallest absolute Gasteiger partial charge is 0.238 e. The first kappa shape index (κ1) is 14.6. The Morgan fingerprint density at radius 2 is 2.26 bits per heavy atom. The van der Waals surface area contributed by atoms with Crippen molar-refractivity contribution in [2.75, 3.05) is 25.0 Å². The fourth-order valence-corrected chi connectivity index (χ4v) is 2.58. The molecule has 0 aromatic heterocycles. The molecule has 1 fully saturated rings. The Bertz CT molecular complexity index is 467. The number of anilines is 1. The first-order valence-electron chi connectivity index (χ1n) is 6.28. The number of likely N-dealkylation sites (tertiary alicyclic amines) is 1. The van der Waals surface area contributed by atoms with Crippen molar-refractivity contribution in [3.63, 3.8) is 0 Å². The van der Waals surface area contributed by atoms with E-state index in [9.17, 15) is 4.79 Å². The highest BCUT2D eigenvalue weighted by Gasteiger charge is 2.19. The van der Waals surface area contributed by atoms with Gasteiger partial charge in [-0.05, 0) is 31.5 Å². The van der Waals surface area contributed by atoms with E-state index in [0.29, 0.717) is 22.3 Å². The Hall–Kier alpha value is -0.810. The van der Waals surface area contributed by atoms with E-state index in [-0.39, 0.29) is 11.9 Å². The lowest BCUT2D eigenvalue weighted by atomic mass is 10.1. The van der Waals surface area contributed by atoms with Gasteiger partial charge in [0.2, 0.25) is 5.91 Å². The summed E-state index contributed by atoms with van der Waals surface area (Å²) in [5, 5.41) is 3.57. The molecule has 1 amide bonds. The normalized spacial score (nSPS) is 20.3. The molecule has 1 saturated heterocycles. The van der Waals surface area contributed by atoms with Gasteiger partial charge in [-0.25, -0.2) is 0 Å². The maximum atomic E-state index is 12.0. The van der Waals surface area contributed by atoms with E-state index in [0.717, 1.165) is 25.9 Å². The van der Waals surface area contributed by atoms with Gasteiger partial charge in [-0.1, -0.05) is 29.3 Å². The molecule has 4 nitrogen and oxygen atoms in total. The van der Waals surface area contributed by atoms with Crippen LogP contribution in [-0.4, -0.2) is 36.5 Å². The van der Waals surface area contributed by atoms with E-state index in [4.69, 9.17) is 28.9 Å². The molecule has 1 atom stereocenters. The van der Waals surface area contributed by atoms with Gasteiger partial charge < -0.3 is 11.1 Å². The van der Waals surface area contributed by atoms with Crippen molar-refractivity contribution in [1.29, 1.82) is 0 Å². The van der Waals surface area contributed by atoms with Crippen molar-refractivity contribution in [2.24, 2.45) is 5.73 Å². The summed E-state index contributed by atoms with van der Waals surface area (Å²) in [5.41, 5.74) is 6.43. The highest BCUT2D eigenvalue weighted by Crippen LogP contribution is 2.29. The number of carbonyl (C=O) groups excluding carboxylic acids is 1. The number of piperidine rings is 1. The summed E-state index contributed by atoms with van der Waals surface area (Å²) in [6, 6.07) is 5.33. The third kappa shape index (κ3) is 4.08. The van der Waals surface area contributed by atoms with E-state index in [2.05, 4.69) is 10.2 Å². The van der Waals surface area contributed by atoms with E-state index in [1.54, 1.807) is 18.2 Å². The molecule has 6 heteroatoms.